The van der Waals surface area contributed by atoms with E-state index in [1.807, 2.05) is 78.1 Å². The summed E-state index contributed by atoms with van der Waals surface area (Å²) in [5, 5.41) is 4.65. The summed E-state index contributed by atoms with van der Waals surface area (Å²) in [6, 6.07) is 15.8. The van der Waals surface area contributed by atoms with E-state index in [9.17, 15) is 0 Å². The van der Waals surface area contributed by atoms with E-state index in [-0.39, 0.29) is 0 Å². The van der Waals surface area contributed by atoms with Gasteiger partial charge in [0.25, 0.3) is 0 Å². The maximum atomic E-state index is 5.97. The van der Waals surface area contributed by atoms with Crippen LogP contribution in [0.1, 0.15) is 5.82 Å². The molecule has 148 valence electrons. The quantitative estimate of drug-likeness (QED) is 0.449. The van der Waals surface area contributed by atoms with E-state index in [1.54, 1.807) is 18.6 Å². The van der Waals surface area contributed by atoms with Crippen molar-refractivity contribution in [3.63, 3.8) is 0 Å². The van der Waals surface area contributed by atoms with Crippen molar-refractivity contribution in [2.75, 3.05) is 0 Å². The smallest absolute Gasteiger partial charge is 0.159 e. The minimum absolute atomic E-state index is 0.373. The molecule has 0 bridgehead atoms. The third kappa shape index (κ3) is 3.30. The second-order valence-electron chi connectivity index (χ2n) is 7.05. The van der Waals surface area contributed by atoms with Crippen LogP contribution in [0, 0.1) is 0 Å². The molecule has 0 radical (unpaired) electrons. The molecule has 4 heterocycles. The fraction of sp³-hybridized carbons (Fsp3) is 0.130. The molecule has 0 amide bonds. The van der Waals surface area contributed by atoms with Gasteiger partial charge in [-0.25, -0.2) is 9.97 Å². The molecular formula is C23H20N6O. The molecule has 7 heteroatoms. The topological polar surface area (TPSA) is 70.7 Å². The predicted octanol–water partition coefficient (Wildman–Crippen LogP) is 4.01. The molecule has 0 aliphatic rings. The van der Waals surface area contributed by atoms with Gasteiger partial charge in [0, 0.05) is 50.0 Å². The van der Waals surface area contributed by atoms with Crippen molar-refractivity contribution in [3.05, 3.63) is 79.1 Å². The second-order valence-corrected chi connectivity index (χ2v) is 7.05. The van der Waals surface area contributed by atoms with E-state index < -0.39 is 0 Å². The Kier molecular flexibility index (Phi) is 4.48. The van der Waals surface area contributed by atoms with Crippen LogP contribution in [0.3, 0.4) is 0 Å². The number of ether oxygens (including phenoxy) is 1. The number of benzene rings is 1. The minimum atomic E-state index is 0.373. The van der Waals surface area contributed by atoms with Gasteiger partial charge >= 0.3 is 0 Å². The summed E-state index contributed by atoms with van der Waals surface area (Å²) in [7, 11) is 3.88. The molecule has 0 aliphatic carbocycles. The molecule has 0 spiro atoms. The van der Waals surface area contributed by atoms with Crippen molar-refractivity contribution in [1.29, 1.82) is 0 Å². The number of pyridine rings is 2. The monoisotopic (exact) mass is 396 g/mol. The zero-order valence-electron chi connectivity index (χ0n) is 16.7. The summed E-state index contributed by atoms with van der Waals surface area (Å²) in [6.45, 7) is 0.373. The van der Waals surface area contributed by atoms with Crippen LogP contribution in [0.5, 0.6) is 5.75 Å². The van der Waals surface area contributed by atoms with E-state index in [2.05, 4.69) is 20.1 Å². The van der Waals surface area contributed by atoms with Crippen LogP contribution in [-0.2, 0) is 20.7 Å². The standard InChI is InChI=1S/C23H20N6O/c1-28-14-19(16-9-12-24-13-10-16)22(27-28)17-5-7-18(8-6-17)30-15-21-26-20-4-3-11-25-23(20)29(21)2/h3-14H,15H2,1-2H3. The van der Waals surface area contributed by atoms with Crippen LogP contribution in [-0.4, -0.2) is 29.3 Å². The van der Waals surface area contributed by atoms with E-state index in [1.165, 1.54) is 0 Å². The van der Waals surface area contributed by atoms with Crippen LogP contribution in [0.4, 0.5) is 0 Å². The highest BCUT2D eigenvalue weighted by Crippen LogP contribution is 2.31. The van der Waals surface area contributed by atoms with Gasteiger partial charge in [-0.05, 0) is 54.1 Å². The summed E-state index contributed by atoms with van der Waals surface area (Å²) in [5.74, 6) is 1.61. The Bertz CT molecular complexity index is 1310. The number of aryl methyl sites for hydroxylation is 2. The van der Waals surface area contributed by atoms with Gasteiger partial charge in [-0.1, -0.05) is 0 Å². The molecule has 0 N–H and O–H groups in total. The Morgan fingerprint density at radius 3 is 2.47 bits per heavy atom. The van der Waals surface area contributed by atoms with E-state index in [0.29, 0.717) is 6.61 Å². The van der Waals surface area contributed by atoms with Crippen molar-refractivity contribution in [2.45, 2.75) is 6.61 Å². The lowest BCUT2D eigenvalue weighted by Gasteiger charge is -2.08. The van der Waals surface area contributed by atoms with Crippen LogP contribution in [0.15, 0.2) is 73.3 Å². The van der Waals surface area contributed by atoms with Gasteiger partial charge in [-0.3, -0.25) is 9.67 Å². The average Bonchev–Trinajstić information content (AvgIpc) is 3.33. The first kappa shape index (κ1) is 18.1. The Morgan fingerprint density at radius 2 is 1.70 bits per heavy atom. The van der Waals surface area contributed by atoms with Crippen LogP contribution in [0.25, 0.3) is 33.5 Å². The lowest BCUT2D eigenvalue weighted by molar-refractivity contribution is 0.292. The number of imidazole rings is 1. The fourth-order valence-corrected chi connectivity index (χ4v) is 3.50. The average molecular weight is 396 g/mol. The third-order valence-electron chi connectivity index (χ3n) is 5.04. The minimum Gasteiger partial charge on any atom is -0.486 e. The number of nitrogens with zero attached hydrogens (tertiary/aromatic N) is 6. The Morgan fingerprint density at radius 1 is 0.900 bits per heavy atom. The van der Waals surface area contributed by atoms with Crippen LogP contribution in [0.2, 0.25) is 0 Å². The molecule has 0 atom stereocenters. The second kappa shape index (κ2) is 7.44. The molecule has 0 unspecified atom stereocenters. The van der Waals surface area contributed by atoms with Gasteiger partial charge in [0.2, 0.25) is 0 Å². The lowest BCUT2D eigenvalue weighted by atomic mass is 10.0. The normalized spacial score (nSPS) is 11.1. The Labute approximate surface area is 173 Å². The Balaban J connectivity index is 1.37. The molecule has 7 nitrogen and oxygen atoms in total. The highest BCUT2D eigenvalue weighted by Gasteiger charge is 2.13. The van der Waals surface area contributed by atoms with E-state index >= 15 is 0 Å². The first-order chi connectivity index (χ1) is 14.7. The van der Waals surface area contributed by atoms with Gasteiger partial charge < -0.3 is 9.30 Å². The van der Waals surface area contributed by atoms with Crippen molar-refractivity contribution in [1.82, 2.24) is 29.3 Å². The molecule has 4 aromatic heterocycles. The molecule has 0 aliphatic heterocycles. The van der Waals surface area contributed by atoms with Crippen molar-refractivity contribution in [3.8, 4) is 28.1 Å². The number of fused-ring (bicyclic) bond motifs is 1. The highest BCUT2D eigenvalue weighted by molar-refractivity contribution is 5.80. The first-order valence-corrected chi connectivity index (χ1v) is 9.62. The van der Waals surface area contributed by atoms with Gasteiger partial charge in [0.05, 0.1) is 0 Å². The van der Waals surface area contributed by atoms with E-state index in [4.69, 9.17) is 4.74 Å². The third-order valence-corrected chi connectivity index (χ3v) is 5.04. The zero-order chi connectivity index (χ0) is 20.5. The SMILES string of the molecule is Cn1cc(-c2ccncc2)c(-c2ccc(OCc3nc4cccnc4n3C)cc2)n1. The molecule has 1 aromatic carbocycles. The van der Waals surface area contributed by atoms with Gasteiger partial charge in [-0.2, -0.15) is 5.10 Å². The van der Waals surface area contributed by atoms with Gasteiger partial charge in [-0.15, -0.1) is 0 Å². The molecule has 5 aromatic rings. The number of hydrogen-bond acceptors (Lipinski definition) is 5. The lowest BCUT2D eigenvalue weighted by Crippen LogP contribution is -2.03. The fourth-order valence-electron chi connectivity index (χ4n) is 3.50. The molecule has 30 heavy (non-hydrogen) atoms. The predicted molar refractivity (Wildman–Crippen MR) is 115 cm³/mol. The van der Waals surface area contributed by atoms with Crippen LogP contribution >= 0.6 is 0 Å². The molecule has 0 saturated heterocycles. The number of hydrogen-bond donors (Lipinski definition) is 0. The summed E-state index contributed by atoms with van der Waals surface area (Å²) in [4.78, 5) is 13.1. The highest BCUT2D eigenvalue weighted by atomic mass is 16.5. The number of rotatable bonds is 5. The number of aromatic nitrogens is 6. The summed E-state index contributed by atoms with van der Waals surface area (Å²) in [6.07, 6.45) is 7.37. The Hall–Kier alpha value is -4.00. The molecule has 0 saturated carbocycles. The molecule has 5 rings (SSSR count). The van der Waals surface area contributed by atoms with Crippen molar-refractivity contribution >= 4 is 11.2 Å². The summed E-state index contributed by atoms with van der Waals surface area (Å²) >= 11 is 0. The van der Waals surface area contributed by atoms with Gasteiger partial charge in [0.1, 0.15) is 29.4 Å². The van der Waals surface area contributed by atoms with E-state index in [0.717, 1.165) is 45.1 Å². The maximum absolute atomic E-state index is 5.97. The zero-order valence-corrected chi connectivity index (χ0v) is 16.7. The summed E-state index contributed by atoms with van der Waals surface area (Å²) in [5.41, 5.74) is 5.83. The molecular weight excluding hydrogens is 376 g/mol. The first-order valence-electron chi connectivity index (χ1n) is 9.62. The van der Waals surface area contributed by atoms with Crippen molar-refractivity contribution in [2.24, 2.45) is 14.1 Å². The summed E-state index contributed by atoms with van der Waals surface area (Å²) < 4.78 is 9.75. The van der Waals surface area contributed by atoms with Gasteiger partial charge in [0.15, 0.2) is 5.65 Å². The maximum Gasteiger partial charge on any atom is 0.159 e. The largest absolute Gasteiger partial charge is 0.486 e. The van der Waals surface area contributed by atoms with Crippen LogP contribution < -0.4 is 4.74 Å². The molecule has 0 fully saturated rings. The van der Waals surface area contributed by atoms with Crippen molar-refractivity contribution < 1.29 is 4.74 Å².